The average molecular weight is 242 g/mol. The van der Waals surface area contributed by atoms with Gasteiger partial charge in [0.25, 0.3) is 0 Å². The van der Waals surface area contributed by atoms with Gasteiger partial charge in [-0.3, -0.25) is 0 Å². The summed E-state index contributed by atoms with van der Waals surface area (Å²) in [6.07, 6.45) is 2.45. The van der Waals surface area contributed by atoms with Crippen molar-refractivity contribution in [1.82, 2.24) is 4.98 Å². The minimum absolute atomic E-state index is 0.173. The number of anilines is 1. The van der Waals surface area contributed by atoms with Crippen LogP contribution in [0.3, 0.4) is 0 Å². The number of nitrogen functional groups attached to an aromatic ring is 1. The van der Waals surface area contributed by atoms with E-state index in [0.29, 0.717) is 5.56 Å². The predicted molar refractivity (Wildman–Crippen MR) is 70.4 cm³/mol. The molecular weight excluding hydrogens is 228 g/mol. The molecule has 0 aliphatic rings. The first-order chi connectivity index (χ1) is 8.61. The van der Waals surface area contributed by atoms with E-state index in [1.165, 1.54) is 17.8 Å². The zero-order chi connectivity index (χ0) is 13.1. The van der Waals surface area contributed by atoms with Gasteiger partial charge in [0.05, 0.1) is 5.56 Å². The van der Waals surface area contributed by atoms with E-state index in [0.717, 1.165) is 12.0 Å². The molecule has 0 atom stereocenters. The zero-order valence-corrected chi connectivity index (χ0v) is 10.1. The van der Waals surface area contributed by atoms with Crippen LogP contribution in [-0.4, -0.2) is 16.1 Å². The van der Waals surface area contributed by atoms with Gasteiger partial charge >= 0.3 is 5.97 Å². The lowest BCUT2D eigenvalue weighted by atomic mass is 10.00. The lowest BCUT2D eigenvalue weighted by Gasteiger charge is -2.07. The predicted octanol–water partition coefficient (Wildman–Crippen LogP) is 2.59. The normalized spacial score (nSPS) is 10.3. The first-order valence-corrected chi connectivity index (χ1v) is 5.70. The number of hydrogen-bond acceptors (Lipinski definition) is 3. The Hall–Kier alpha value is -2.36. The first kappa shape index (κ1) is 12.1. The number of aromatic nitrogens is 1. The molecule has 4 heteroatoms. The third-order valence-electron chi connectivity index (χ3n) is 2.83. The molecule has 4 nitrogen and oxygen atoms in total. The number of nitrogens with two attached hydrogens (primary N) is 1. The Labute approximate surface area is 105 Å². The molecule has 0 amide bonds. The Kier molecular flexibility index (Phi) is 3.28. The number of rotatable bonds is 3. The van der Waals surface area contributed by atoms with Gasteiger partial charge in [0, 0.05) is 11.8 Å². The number of benzene rings is 1. The summed E-state index contributed by atoms with van der Waals surface area (Å²) in [6.45, 7) is 2.07. The first-order valence-electron chi connectivity index (χ1n) is 5.70. The maximum absolute atomic E-state index is 11.2. The SMILES string of the molecule is CCc1ccc(-c2cnc(N)cc2C(=O)O)cc1. The van der Waals surface area contributed by atoms with E-state index in [2.05, 4.69) is 11.9 Å². The van der Waals surface area contributed by atoms with Gasteiger partial charge < -0.3 is 10.8 Å². The van der Waals surface area contributed by atoms with Crippen LogP contribution < -0.4 is 5.73 Å². The number of pyridine rings is 1. The number of carboxylic acid groups (broad SMARTS) is 1. The Morgan fingerprint density at radius 1 is 1.33 bits per heavy atom. The lowest BCUT2D eigenvalue weighted by Crippen LogP contribution is -2.02. The summed E-state index contributed by atoms with van der Waals surface area (Å²) in [7, 11) is 0. The molecule has 1 heterocycles. The van der Waals surface area contributed by atoms with Crippen LogP contribution in [0, 0.1) is 0 Å². The molecule has 3 N–H and O–H groups in total. The summed E-state index contributed by atoms with van der Waals surface area (Å²) in [5.41, 5.74) is 8.31. The van der Waals surface area contributed by atoms with Crippen LogP contribution in [0.2, 0.25) is 0 Å². The molecule has 2 rings (SSSR count). The fourth-order valence-electron chi connectivity index (χ4n) is 1.80. The number of carbonyl (C=O) groups is 1. The highest BCUT2D eigenvalue weighted by molar-refractivity contribution is 5.96. The van der Waals surface area contributed by atoms with Crippen LogP contribution in [0.5, 0.6) is 0 Å². The molecule has 0 saturated heterocycles. The lowest BCUT2D eigenvalue weighted by molar-refractivity contribution is 0.0697. The van der Waals surface area contributed by atoms with Crippen molar-refractivity contribution in [1.29, 1.82) is 0 Å². The highest BCUT2D eigenvalue weighted by atomic mass is 16.4. The summed E-state index contributed by atoms with van der Waals surface area (Å²) in [5, 5.41) is 9.17. The highest BCUT2D eigenvalue weighted by Crippen LogP contribution is 2.24. The molecule has 1 aromatic heterocycles. The van der Waals surface area contributed by atoms with Crippen molar-refractivity contribution in [3.63, 3.8) is 0 Å². The quantitative estimate of drug-likeness (QED) is 0.867. The van der Waals surface area contributed by atoms with Crippen LogP contribution >= 0.6 is 0 Å². The van der Waals surface area contributed by atoms with Gasteiger partial charge in [-0.25, -0.2) is 9.78 Å². The number of aromatic carboxylic acids is 1. The van der Waals surface area contributed by atoms with E-state index in [1.54, 1.807) is 0 Å². The van der Waals surface area contributed by atoms with Crippen LogP contribution in [0.4, 0.5) is 5.82 Å². The molecule has 0 unspecified atom stereocenters. The molecule has 0 fully saturated rings. The number of nitrogens with zero attached hydrogens (tertiary/aromatic N) is 1. The minimum atomic E-state index is -1.00. The number of aryl methyl sites for hydroxylation is 1. The maximum Gasteiger partial charge on any atom is 0.336 e. The second kappa shape index (κ2) is 4.87. The fraction of sp³-hybridized carbons (Fsp3) is 0.143. The van der Waals surface area contributed by atoms with E-state index < -0.39 is 5.97 Å². The van der Waals surface area contributed by atoms with E-state index in [4.69, 9.17) is 10.8 Å². The molecule has 0 saturated carbocycles. The van der Waals surface area contributed by atoms with Crippen molar-refractivity contribution in [3.05, 3.63) is 47.7 Å². The molecule has 0 aliphatic carbocycles. The summed E-state index contributed by atoms with van der Waals surface area (Å²) < 4.78 is 0. The van der Waals surface area contributed by atoms with Crippen molar-refractivity contribution in [2.75, 3.05) is 5.73 Å². The zero-order valence-electron chi connectivity index (χ0n) is 10.1. The smallest absolute Gasteiger partial charge is 0.336 e. The molecule has 18 heavy (non-hydrogen) atoms. The molecule has 0 radical (unpaired) electrons. The molecular formula is C14H14N2O2. The van der Waals surface area contributed by atoms with Crippen molar-refractivity contribution in [2.45, 2.75) is 13.3 Å². The van der Waals surface area contributed by atoms with Crippen molar-refractivity contribution in [3.8, 4) is 11.1 Å². The van der Waals surface area contributed by atoms with E-state index in [-0.39, 0.29) is 11.4 Å². The summed E-state index contributed by atoms with van der Waals surface area (Å²) in [4.78, 5) is 15.1. The van der Waals surface area contributed by atoms with E-state index in [1.807, 2.05) is 24.3 Å². The molecule has 0 spiro atoms. The van der Waals surface area contributed by atoms with Gasteiger partial charge in [-0.05, 0) is 23.6 Å². The van der Waals surface area contributed by atoms with Gasteiger partial charge in [-0.2, -0.15) is 0 Å². The molecule has 2 aromatic rings. The van der Waals surface area contributed by atoms with Crippen molar-refractivity contribution >= 4 is 11.8 Å². The Balaban J connectivity index is 2.52. The van der Waals surface area contributed by atoms with Crippen LogP contribution in [0.25, 0.3) is 11.1 Å². The van der Waals surface area contributed by atoms with E-state index >= 15 is 0 Å². The summed E-state index contributed by atoms with van der Waals surface area (Å²) in [6, 6.07) is 9.15. The topological polar surface area (TPSA) is 76.2 Å². The maximum atomic E-state index is 11.2. The third-order valence-corrected chi connectivity index (χ3v) is 2.83. The molecule has 92 valence electrons. The average Bonchev–Trinajstić information content (AvgIpc) is 2.39. The molecule has 0 aliphatic heterocycles. The molecule has 1 aromatic carbocycles. The summed E-state index contributed by atoms with van der Waals surface area (Å²) >= 11 is 0. The van der Waals surface area contributed by atoms with Gasteiger partial charge in [-0.15, -0.1) is 0 Å². The van der Waals surface area contributed by atoms with Crippen molar-refractivity contribution < 1.29 is 9.90 Å². The second-order valence-electron chi connectivity index (χ2n) is 4.01. The highest BCUT2D eigenvalue weighted by Gasteiger charge is 2.12. The third kappa shape index (κ3) is 2.32. The number of carboxylic acids is 1. The van der Waals surface area contributed by atoms with Crippen LogP contribution in [0.1, 0.15) is 22.8 Å². The Morgan fingerprint density at radius 2 is 2.00 bits per heavy atom. The van der Waals surface area contributed by atoms with Gasteiger partial charge in [0.15, 0.2) is 0 Å². The fourth-order valence-corrected chi connectivity index (χ4v) is 1.80. The van der Waals surface area contributed by atoms with Crippen molar-refractivity contribution in [2.24, 2.45) is 0 Å². The molecule has 0 bridgehead atoms. The Bertz CT molecular complexity index is 577. The monoisotopic (exact) mass is 242 g/mol. The van der Waals surface area contributed by atoms with Crippen LogP contribution in [0.15, 0.2) is 36.5 Å². The van der Waals surface area contributed by atoms with E-state index in [9.17, 15) is 4.79 Å². The van der Waals surface area contributed by atoms with Crippen LogP contribution in [-0.2, 0) is 6.42 Å². The van der Waals surface area contributed by atoms with Gasteiger partial charge in [0.2, 0.25) is 0 Å². The second-order valence-corrected chi connectivity index (χ2v) is 4.01. The number of hydrogen-bond donors (Lipinski definition) is 2. The summed E-state index contributed by atoms with van der Waals surface area (Å²) in [5.74, 6) is -0.792. The standard InChI is InChI=1S/C14H14N2O2/c1-2-9-3-5-10(6-4-9)12-8-16-13(15)7-11(12)14(17)18/h3-8H,2H2,1H3,(H2,15,16)(H,17,18). The van der Waals surface area contributed by atoms with Gasteiger partial charge in [0.1, 0.15) is 5.82 Å². The minimum Gasteiger partial charge on any atom is -0.478 e. The largest absolute Gasteiger partial charge is 0.478 e. The Morgan fingerprint density at radius 3 is 2.56 bits per heavy atom. The van der Waals surface area contributed by atoms with Gasteiger partial charge in [-0.1, -0.05) is 31.2 Å².